The summed E-state index contributed by atoms with van der Waals surface area (Å²) in [7, 11) is -5.98. The summed E-state index contributed by atoms with van der Waals surface area (Å²) < 4.78 is 55.4. The number of ether oxygens (including phenoxy) is 5. The van der Waals surface area contributed by atoms with Gasteiger partial charge in [-0.2, -0.15) is 0 Å². The van der Waals surface area contributed by atoms with Gasteiger partial charge in [0.05, 0.1) is 61.9 Å². The zero-order chi connectivity index (χ0) is 41.8. The van der Waals surface area contributed by atoms with E-state index >= 15 is 0 Å². The zero-order valence-corrected chi connectivity index (χ0v) is 41.0. The van der Waals surface area contributed by atoms with E-state index in [1.807, 2.05) is 30.3 Å². The van der Waals surface area contributed by atoms with Crippen molar-refractivity contribution < 1.29 is 41.8 Å². The summed E-state index contributed by atoms with van der Waals surface area (Å²) in [4.78, 5) is 13.5. The average Bonchev–Trinajstić information content (AvgIpc) is 3.60. The summed E-state index contributed by atoms with van der Waals surface area (Å²) in [6, 6.07) is 16.2. The van der Waals surface area contributed by atoms with Crippen LogP contribution in [0, 0.1) is 11.8 Å². The van der Waals surface area contributed by atoms with Crippen LogP contribution in [0.5, 0.6) is 0 Å². The third-order valence-electron chi connectivity index (χ3n) is 15.0. The number of esters is 1. The van der Waals surface area contributed by atoms with E-state index in [0.717, 1.165) is 54.7 Å². The molecule has 1 aromatic rings. The molecule has 0 saturated carbocycles. The van der Waals surface area contributed by atoms with Gasteiger partial charge in [0.15, 0.2) is 30.7 Å². The molecule has 11 atom stereocenters. The molecule has 326 valence electrons. The van der Waals surface area contributed by atoms with Crippen LogP contribution < -0.4 is 0 Å². The minimum Gasteiger partial charge on any atom is -0.461 e. The highest BCUT2D eigenvalue weighted by molar-refractivity contribution is 6.74. The van der Waals surface area contributed by atoms with Crippen LogP contribution in [-0.2, 0) is 48.4 Å². The van der Waals surface area contributed by atoms with E-state index in [4.69, 9.17) is 37.0 Å². The average molecular weight is 849 g/mol. The maximum Gasteiger partial charge on any atom is 0.308 e. The normalized spacial score (nSPS) is 32.8. The van der Waals surface area contributed by atoms with E-state index < -0.39 is 36.8 Å². The van der Waals surface area contributed by atoms with Gasteiger partial charge in [-0.25, -0.2) is 0 Å². The highest BCUT2D eigenvalue weighted by atomic mass is 28.4. The first-order valence-corrected chi connectivity index (χ1v) is 30.7. The molecular weight excluding hydrogens is 769 g/mol. The maximum absolute atomic E-state index is 13.5. The molecule has 4 aliphatic heterocycles. The SMILES string of the molecule is CC[Si](CC)(CC)OC(CO[Si](C)(C)C(C)(C)C)C1C[C@H]2O[C@@H]3[C@H](C[C@H]2O1)O[C@]1(C[C@H](C)C(O[Si](CC)(CC)CC)C(CC(=O)OCc2ccccc2)O1)C[C@@H]3C. The van der Waals surface area contributed by atoms with Crippen LogP contribution in [0.2, 0.25) is 54.4 Å². The molecule has 9 nitrogen and oxygen atoms in total. The van der Waals surface area contributed by atoms with Crippen molar-refractivity contribution in [3.63, 3.8) is 0 Å². The van der Waals surface area contributed by atoms with Crippen molar-refractivity contribution in [2.24, 2.45) is 11.8 Å². The van der Waals surface area contributed by atoms with Crippen LogP contribution in [0.4, 0.5) is 0 Å². The molecule has 1 spiro atoms. The second-order valence-corrected chi connectivity index (χ2v) is 33.8. The van der Waals surface area contributed by atoms with Gasteiger partial charge in [-0.05, 0) is 71.8 Å². The van der Waals surface area contributed by atoms with Crippen molar-refractivity contribution in [1.29, 1.82) is 0 Å². The molecule has 12 heteroatoms. The molecule has 4 aliphatic rings. The molecule has 1 aromatic carbocycles. The van der Waals surface area contributed by atoms with Gasteiger partial charge in [-0.15, -0.1) is 0 Å². The summed E-state index contributed by atoms with van der Waals surface area (Å²) >= 11 is 0. The Kier molecular flexibility index (Phi) is 16.0. The van der Waals surface area contributed by atoms with E-state index in [0.29, 0.717) is 19.4 Å². The molecule has 0 radical (unpaired) electrons. The summed E-state index contributed by atoms with van der Waals surface area (Å²) in [5.74, 6) is -0.784. The Morgan fingerprint density at radius 3 is 2.00 bits per heavy atom. The number of rotatable bonds is 18. The molecule has 57 heavy (non-hydrogen) atoms. The molecule has 0 aliphatic carbocycles. The van der Waals surface area contributed by atoms with E-state index in [1.165, 1.54) is 0 Å². The third kappa shape index (κ3) is 10.9. The molecule has 0 amide bonds. The van der Waals surface area contributed by atoms with Crippen molar-refractivity contribution in [3.05, 3.63) is 35.9 Å². The summed E-state index contributed by atoms with van der Waals surface area (Å²) in [5, 5.41) is 0.110. The fourth-order valence-corrected chi connectivity index (χ4v) is 16.6. The third-order valence-corrected chi connectivity index (χ3v) is 28.8. The quantitative estimate of drug-likeness (QED) is 0.106. The number of carbonyl (C=O) groups is 1. The lowest BCUT2D eigenvalue weighted by Gasteiger charge is -2.56. The van der Waals surface area contributed by atoms with E-state index in [2.05, 4.69) is 89.3 Å². The van der Waals surface area contributed by atoms with E-state index in [-0.39, 0.29) is 78.6 Å². The lowest BCUT2D eigenvalue weighted by atomic mass is 9.78. The Morgan fingerprint density at radius 2 is 1.40 bits per heavy atom. The van der Waals surface area contributed by atoms with E-state index in [9.17, 15) is 4.79 Å². The standard InChI is InChI=1S/C45H80O9Si3/c1-14-56(15-2,16-3)53-40(31-48-55(12,13)44(9,10)11)37-25-36-35(49-37)26-38-42(50-36)32(7)28-45(51-38)29-33(8)43(54-57(17-4,18-5)19-6)39(52-45)27-41(46)47-30-34-23-21-20-22-24-34/h20-24,32-33,35-40,42-43H,14-19,25-31H2,1-13H3/t32-,33-,35+,36+,37?,38-,39?,40?,42-,43?,45+/m0/s1. The number of fused-ring (bicyclic) bond motifs is 2. The summed E-state index contributed by atoms with van der Waals surface area (Å²) in [6.07, 6.45) is 1.83. The number of hydrogen-bond acceptors (Lipinski definition) is 9. The molecule has 4 fully saturated rings. The molecule has 4 heterocycles. The smallest absolute Gasteiger partial charge is 0.308 e. The second kappa shape index (κ2) is 19.4. The predicted molar refractivity (Wildman–Crippen MR) is 235 cm³/mol. The zero-order valence-electron chi connectivity index (χ0n) is 38.0. The molecule has 5 rings (SSSR count). The van der Waals surface area contributed by atoms with Gasteiger partial charge in [-0.1, -0.05) is 106 Å². The number of carbonyl (C=O) groups excluding carboxylic acids is 1. The van der Waals surface area contributed by atoms with Gasteiger partial charge in [-0.3, -0.25) is 4.79 Å². The minimum absolute atomic E-state index is 0.0115. The first kappa shape index (κ1) is 47.1. The van der Waals surface area contributed by atoms with Gasteiger partial charge in [0.25, 0.3) is 0 Å². The molecule has 4 saturated heterocycles. The largest absolute Gasteiger partial charge is 0.461 e. The first-order valence-electron chi connectivity index (χ1n) is 22.8. The van der Waals surface area contributed by atoms with Crippen LogP contribution in [0.3, 0.4) is 0 Å². The second-order valence-electron chi connectivity index (χ2n) is 19.6. The summed E-state index contributed by atoms with van der Waals surface area (Å²) in [6.45, 7) is 30.5. The Hall–Kier alpha value is -0.939. The molecular formula is C45H80O9Si3. The first-order chi connectivity index (χ1) is 26.9. The predicted octanol–water partition coefficient (Wildman–Crippen LogP) is 10.8. The van der Waals surface area contributed by atoms with E-state index in [1.54, 1.807) is 0 Å². The van der Waals surface area contributed by atoms with Crippen molar-refractivity contribution >= 4 is 30.9 Å². The fraction of sp³-hybridized carbons (Fsp3) is 0.844. The fourth-order valence-electron chi connectivity index (χ4n) is 9.75. The molecule has 4 unspecified atom stereocenters. The van der Waals surface area contributed by atoms with Crippen molar-refractivity contribution in [1.82, 2.24) is 0 Å². The Bertz CT molecular complexity index is 1400. The number of benzene rings is 1. The molecule has 0 bridgehead atoms. The Morgan fingerprint density at radius 1 is 0.807 bits per heavy atom. The van der Waals surface area contributed by atoms with Crippen molar-refractivity contribution in [2.45, 2.75) is 224 Å². The van der Waals surface area contributed by atoms with Crippen LogP contribution in [0.25, 0.3) is 0 Å². The topological polar surface area (TPSA) is 90.9 Å². The molecule has 0 aromatic heterocycles. The molecule has 0 N–H and O–H groups in total. The highest BCUT2D eigenvalue weighted by Gasteiger charge is 2.58. The Balaban J connectivity index is 1.33. The van der Waals surface area contributed by atoms with Crippen LogP contribution in [-0.4, -0.2) is 92.1 Å². The number of hydrogen-bond donors (Lipinski definition) is 0. The summed E-state index contributed by atoms with van der Waals surface area (Å²) in [5.41, 5.74) is 0.966. The van der Waals surface area contributed by atoms with Crippen LogP contribution >= 0.6 is 0 Å². The Labute approximate surface area is 349 Å². The van der Waals surface area contributed by atoms with Gasteiger partial charge < -0.3 is 37.0 Å². The van der Waals surface area contributed by atoms with Gasteiger partial charge in [0.2, 0.25) is 0 Å². The minimum atomic E-state index is -2.02. The highest BCUT2D eigenvalue weighted by Crippen LogP contribution is 2.50. The van der Waals surface area contributed by atoms with Gasteiger partial charge in [0, 0.05) is 25.7 Å². The maximum atomic E-state index is 13.5. The lowest BCUT2D eigenvalue weighted by molar-refractivity contribution is -0.372. The van der Waals surface area contributed by atoms with Crippen LogP contribution in [0.1, 0.15) is 114 Å². The lowest BCUT2D eigenvalue weighted by Crippen LogP contribution is -2.64. The van der Waals surface area contributed by atoms with Gasteiger partial charge >= 0.3 is 5.97 Å². The van der Waals surface area contributed by atoms with Crippen molar-refractivity contribution in [2.75, 3.05) is 6.61 Å². The van der Waals surface area contributed by atoms with Crippen LogP contribution in [0.15, 0.2) is 30.3 Å². The van der Waals surface area contributed by atoms with Crippen molar-refractivity contribution in [3.8, 4) is 0 Å². The monoisotopic (exact) mass is 849 g/mol. The van der Waals surface area contributed by atoms with Gasteiger partial charge in [0.1, 0.15) is 6.61 Å².